The molecule has 0 saturated carbocycles. The van der Waals surface area contributed by atoms with Crippen molar-refractivity contribution in [3.8, 4) is 11.3 Å². The maximum absolute atomic E-state index is 13.0. The van der Waals surface area contributed by atoms with Gasteiger partial charge in [-0.15, -0.1) is 0 Å². The van der Waals surface area contributed by atoms with Crippen molar-refractivity contribution in [1.29, 1.82) is 0 Å². The van der Waals surface area contributed by atoms with Gasteiger partial charge in [0.1, 0.15) is 6.54 Å². The van der Waals surface area contributed by atoms with E-state index in [0.717, 1.165) is 15.9 Å². The van der Waals surface area contributed by atoms with Gasteiger partial charge in [0, 0.05) is 28.9 Å². The first-order valence-electron chi connectivity index (χ1n) is 9.75. The van der Waals surface area contributed by atoms with Crippen LogP contribution < -0.4 is 5.32 Å². The number of halogens is 3. The summed E-state index contributed by atoms with van der Waals surface area (Å²) < 4.78 is 40.0. The topological polar surface area (TPSA) is 85.6 Å². The minimum Gasteiger partial charge on any atom is -0.346 e. The Hall–Kier alpha value is -3.82. The average Bonchev–Trinajstić information content (AvgIpc) is 3.14. The highest BCUT2D eigenvalue weighted by atomic mass is 19.4. The Kier molecular flexibility index (Phi) is 5.60. The van der Waals surface area contributed by atoms with E-state index in [9.17, 15) is 18.0 Å². The first kappa shape index (κ1) is 21.4. The largest absolute Gasteiger partial charge is 0.408 e. The quantitative estimate of drug-likeness (QED) is 0.507. The second-order valence-corrected chi connectivity index (χ2v) is 7.43. The number of carbonyl (C=O) groups excluding carboxylic acids is 1. The molecule has 0 unspecified atom stereocenters. The average molecular weight is 440 g/mol. The van der Waals surface area contributed by atoms with Gasteiger partial charge in [0.05, 0.1) is 41.5 Å². The molecule has 1 aromatic carbocycles. The van der Waals surface area contributed by atoms with Crippen LogP contribution in [0.5, 0.6) is 0 Å². The van der Waals surface area contributed by atoms with Crippen molar-refractivity contribution in [1.82, 2.24) is 30.0 Å². The second-order valence-electron chi connectivity index (χ2n) is 7.43. The Morgan fingerprint density at radius 3 is 2.50 bits per heavy atom. The third-order valence-electron chi connectivity index (χ3n) is 4.81. The van der Waals surface area contributed by atoms with Crippen LogP contribution in [0.4, 0.5) is 13.2 Å². The molecule has 0 bridgehead atoms. The number of rotatable bonds is 5. The minimum atomic E-state index is -4.45. The molecule has 32 heavy (non-hydrogen) atoms. The maximum Gasteiger partial charge on any atom is 0.408 e. The third kappa shape index (κ3) is 4.74. The first-order valence-corrected chi connectivity index (χ1v) is 9.75. The summed E-state index contributed by atoms with van der Waals surface area (Å²) in [5.74, 6) is -0.456. The molecule has 1 N–H and O–H groups in total. The van der Waals surface area contributed by atoms with Crippen LogP contribution in [0.2, 0.25) is 0 Å². The van der Waals surface area contributed by atoms with E-state index in [1.54, 1.807) is 37.6 Å². The van der Waals surface area contributed by atoms with Gasteiger partial charge in [-0.2, -0.15) is 18.3 Å². The summed E-state index contributed by atoms with van der Waals surface area (Å²) in [7, 11) is 0. The molecule has 0 aliphatic carbocycles. The monoisotopic (exact) mass is 440 g/mol. The number of hydrogen-bond donors (Lipinski definition) is 1. The van der Waals surface area contributed by atoms with Gasteiger partial charge in [0.15, 0.2) is 0 Å². The van der Waals surface area contributed by atoms with Crippen molar-refractivity contribution in [3.63, 3.8) is 0 Å². The lowest BCUT2D eigenvalue weighted by Gasteiger charge is -2.11. The summed E-state index contributed by atoms with van der Waals surface area (Å²) in [6.45, 7) is 2.55. The van der Waals surface area contributed by atoms with Gasteiger partial charge in [0.2, 0.25) is 0 Å². The van der Waals surface area contributed by atoms with E-state index in [4.69, 9.17) is 0 Å². The van der Waals surface area contributed by atoms with E-state index in [0.29, 0.717) is 22.3 Å². The number of nitrogens with zero attached hydrogens (tertiary/aromatic N) is 5. The van der Waals surface area contributed by atoms with E-state index in [1.165, 1.54) is 12.3 Å². The zero-order valence-corrected chi connectivity index (χ0v) is 17.3. The van der Waals surface area contributed by atoms with Crippen LogP contribution in [0.3, 0.4) is 0 Å². The van der Waals surface area contributed by atoms with Gasteiger partial charge in [-0.3, -0.25) is 24.4 Å². The number of aromatic nitrogens is 5. The maximum atomic E-state index is 13.0. The molecule has 3 heterocycles. The van der Waals surface area contributed by atoms with Crippen LogP contribution in [-0.4, -0.2) is 36.8 Å². The van der Waals surface area contributed by atoms with Gasteiger partial charge in [-0.1, -0.05) is 6.07 Å². The Balaban J connectivity index is 1.73. The molecule has 0 atom stereocenters. The fraction of sp³-hybridized carbons (Fsp3) is 0.227. The summed E-state index contributed by atoms with van der Waals surface area (Å²) in [5.41, 5.74) is 3.70. The number of aryl methyl sites for hydroxylation is 2. The molecule has 0 radical (unpaired) electrons. The number of nitrogens with one attached hydrogen (secondary N) is 1. The number of alkyl halides is 3. The summed E-state index contributed by atoms with van der Waals surface area (Å²) in [5, 5.41) is 7.12. The van der Waals surface area contributed by atoms with E-state index < -0.39 is 18.6 Å². The fourth-order valence-corrected chi connectivity index (χ4v) is 3.23. The molecule has 10 heteroatoms. The highest BCUT2D eigenvalue weighted by Gasteiger charge is 2.29. The Morgan fingerprint density at radius 2 is 1.84 bits per heavy atom. The second kappa shape index (κ2) is 8.37. The molecular formula is C22H19F3N6O. The van der Waals surface area contributed by atoms with Crippen LogP contribution in [0, 0.1) is 13.8 Å². The molecule has 4 rings (SSSR count). The highest BCUT2D eigenvalue weighted by molar-refractivity contribution is 6.03. The van der Waals surface area contributed by atoms with Crippen molar-refractivity contribution < 1.29 is 18.0 Å². The van der Waals surface area contributed by atoms with Crippen LogP contribution in [-0.2, 0) is 13.1 Å². The molecule has 0 saturated heterocycles. The molecule has 7 nitrogen and oxygen atoms in total. The van der Waals surface area contributed by atoms with Crippen molar-refractivity contribution in [2.75, 3.05) is 0 Å². The molecule has 4 aromatic rings. The molecule has 1 amide bonds. The number of hydrogen-bond acceptors (Lipinski definition) is 5. The van der Waals surface area contributed by atoms with Gasteiger partial charge in [0.25, 0.3) is 5.91 Å². The predicted octanol–water partition coefficient (Wildman–Crippen LogP) is 4.00. The molecule has 0 aliphatic heterocycles. The van der Waals surface area contributed by atoms with Crippen LogP contribution >= 0.6 is 0 Å². The zero-order chi connectivity index (χ0) is 22.9. The Labute approximate surface area is 181 Å². The molecular weight excluding hydrogens is 421 g/mol. The van der Waals surface area contributed by atoms with Crippen LogP contribution in [0.25, 0.3) is 22.2 Å². The number of carbonyl (C=O) groups is 1. The van der Waals surface area contributed by atoms with Gasteiger partial charge in [-0.25, -0.2) is 0 Å². The van der Waals surface area contributed by atoms with E-state index in [-0.39, 0.29) is 17.6 Å². The molecule has 3 aromatic heterocycles. The standard InChI is InChI=1S/C22H19F3N6O/c1-13-3-4-19(28-7-13)17-5-15(21(32)29-10-16-9-26-14(2)8-27-16)6-20-18(17)11-30-31(20)12-22(23,24)25/h3-9,11H,10,12H2,1-2H3,(H,29,32). The van der Waals surface area contributed by atoms with E-state index in [2.05, 4.69) is 25.4 Å². The lowest BCUT2D eigenvalue weighted by Crippen LogP contribution is -2.24. The van der Waals surface area contributed by atoms with E-state index >= 15 is 0 Å². The summed E-state index contributed by atoms with van der Waals surface area (Å²) in [6.07, 6.45) is 1.71. The van der Waals surface area contributed by atoms with Crippen molar-refractivity contribution in [2.45, 2.75) is 33.1 Å². The number of fused-ring (bicyclic) bond motifs is 1. The molecule has 0 spiro atoms. The lowest BCUT2D eigenvalue weighted by molar-refractivity contribution is -0.141. The normalized spacial score (nSPS) is 11.7. The first-order chi connectivity index (χ1) is 15.2. The molecule has 0 aliphatic rings. The van der Waals surface area contributed by atoms with Crippen molar-refractivity contribution in [2.24, 2.45) is 0 Å². The van der Waals surface area contributed by atoms with Gasteiger partial charge < -0.3 is 5.32 Å². The smallest absolute Gasteiger partial charge is 0.346 e. The van der Waals surface area contributed by atoms with E-state index in [1.807, 2.05) is 13.0 Å². The van der Waals surface area contributed by atoms with Gasteiger partial charge in [-0.05, 0) is 37.6 Å². The predicted molar refractivity (Wildman–Crippen MR) is 112 cm³/mol. The summed E-state index contributed by atoms with van der Waals surface area (Å²) in [4.78, 5) is 25.5. The summed E-state index contributed by atoms with van der Waals surface area (Å²) >= 11 is 0. The van der Waals surface area contributed by atoms with Crippen molar-refractivity contribution in [3.05, 3.63) is 71.6 Å². The zero-order valence-electron chi connectivity index (χ0n) is 17.3. The third-order valence-corrected chi connectivity index (χ3v) is 4.81. The number of amides is 1. The molecule has 164 valence electrons. The van der Waals surface area contributed by atoms with Crippen LogP contribution in [0.1, 0.15) is 27.3 Å². The molecule has 0 fully saturated rings. The van der Waals surface area contributed by atoms with Crippen LogP contribution in [0.15, 0.2) is 49.1 Å². The van der Waals surface area contributed by atoms with Gasteiger partial charge >= 0.3 is 6.18 Å². The number of benzene rings is 1. The lowest BCUT2D eigenvalue weighted by atomic mass is 10.0. The Morgan fingerprint density at radius 1 is 1.03 bits per heavy atom. The fourth-order valence-electron chi connectivity index (χ4n) is 3.23. The SMILES string of the molecule is Cc1ccc(-c2cc(C(=O)NCc3cnc(C)cn3)cc3c2cnn3CC(F)(F)F)nc1. The minimum absolute atomic E-state index is 0.129. The van der Waals surface area contributed by atoms with Crippen molar-refractivity contribution >= 4 is 16.8 Å². The summed E-state index contributed by atoms with van der Waals surface area (Å²) in [6, 6.07) is 6.61. The Bertz CT molecular complexity index is 1260. The highest BCUT2D eigenvalue weighted by Crippen LogP contribution is 2.31. The number of pyridine rings is 1.